The maximum Gasteiger partial charge on any atom is 0.244 e. The number of aliphatic hydroxyl groups is 1. The molecule has 0 radical (unpaired) electrons. The van der Waals surface area contributed by atoms with Crippen molar-refractivity contribution in [3.8, 4) is 0 Å². The van der Waals surface area contributed by atoms with Crippen molar-refractivity contribution in [2.75, 3.05) is 0 Å². The van der Waals surface area contributed by atoms with Gasteiger partial charge in [-0.2, -0.15) is 4.72 Å². The number of aliphatic hydroxyl groups excluding tert-OH is 1. The van der Waals surface area contributed by atoms with Crippen molar-refractivity contribution in [1.29, 1.82) is 0 Å². The number of hydrogen-bond acceptors (Lipinski definition) is 5. The summed E-state index contributed by atoms with van der Waals surface area (Å²) in [6.45, 7) is 2.87. The third kappa shape index (κ3) is 3.46. The molecule has 21 heavy (non-hydrogen) atoms. The Bertz CT molecular complexity index is 742. The molecule has 2 N–H and O–H groups in total. The van der Waals surface area contributed by atoms with Crippen molar-refractivity contribution >= 4 is 10.0 Å². The average molecular weight is 314 g/mol. The smallest absolute Gasteiger partial charge is 0.244 e. The molecule has 2 aromatic rings. The molecule has 0 saturated carbocycles. The Hall–Kier alpha value is -1.77. The van der Waals surface area contributed by atoms with Crippen molar-refractivity contribution < 1.29 is 22.3 Å². The molecule has 2 rings (SSSR count). The van der Waals surface area contributed by atoms with E-state index in [0.29, 0.717) is 11.3 Å². The molecule has 0 amide bonds. The van der Waals surface area contributed by atoms with E-state index >= 15 is 0 Å². The standard InChI is InChI=1S/C13H15FN2O4S/c1-8-6-15-13(20-8)9(2)16-21(18,19)12-4-3-10(7-17)5-11(12)14/h3-6,9,16-17H,7H2,1-2H3. The second-order valence-corrected chi connectivity index (χ2v) is 6.26. The van der Waals surface area contributed by atoms with Gasteiger partial charge in [-0.1, -0.05) is 6.07 Å². The summed E-state index contributed by atoms with van der Waals surface area (Å²) in [5.41, 5.74) is 0.294. The van der Waals surface area contributed by atoms with Crippen molar-refractivity contribution in [3.05, 3.63) is 47.4 Å². The van der Waals surface area contributed by atoms with E-state index in [9.17, 15) is 12.8 Å². The van der Waals surface area contributed by atoms with E-state index in [2.05, 4.69) is 9.71 Å². The number of sulfonamides is 1. The molecule has 0 fully saturated rings. The molecule has 1 heterocycles. The van der Waals surface area contributed by atoms with Crippen LogP contribution >= 0.6 is 0 Å². The zero-order chi connectivity index (χ0) is 15.6. The maximum atomic E-state index is 13.8. The zero-order valence-corrected chi connectivity index (χ0v) is 12.3. The fraction of sp³-hybridized carbons (Fsp3) is 0.308. The van der Waals surface area contributed by atoms with Crippen molar-refractivity contribution in [3.63, 3.8) is 0 Å². The quantitative estimate of drug-likeness (QED) is 0.875. The SMILES string of the molecule is Cc1cnc(C(C)NS(=O)(=O)c2ccc(CO)cc2F)o1. The van der Waals surface area contributed by atoms with Gasteiger partial charge < -0.3 is 9.52 Å². The Morgan fingerprint density at radius 1 is 1.48 bits per heavy atom. The van der Waals surface area contributed by atoms with Crippen LogP contribution in [-0.4, -0.2) is 18.5 Å². The van der Waals surface area contributed by atoms with Crippen molar-refractivity contribution in [2.24, 2.45) is 0 Å². The molecule has 0 bridgehead atoms. The number of rotatable bonds is 5. The minimum atomic E-state index is -4.06. The van der Waals surface area contributed by atoms with E-state index < -0.39 is 26.8 Å². The fourth-order valence-corrected chi connectivity index (χ4v) is 3.04. The molecule has 0 aliphatic rings. The first-order valence-corrected chi connectivity index (χ1v) is 7.65. The minimum absolute atomic E-state index is 0.198. The highest BCUT2D eigenvalue weighted by atomic mass is 32.2. The molecule has 114 valence electrons. The Kier molecular flexibility index (Phi) is 4.40. The van der Waals surface area contributed by atoms with Crippen LogP contribution < -0.4 is 4.72 Å². The summed E-state index contributed by atoms with van der Waals surface area (Å²) < 4.78 is 45.7. The topological polar surface area (TPSA) is 92.4 Å². The number of hydrogen-bond donors (Lipinski definition) is 2. The third-order valence-corrected chi connectivity index (χ3v) is 4.38. The monoisotopic (exact) mass is 314 g/mol. The first-order valence-electron chi connectivity index (χ1n) is 6.17. The predicted molar refractivity (Wildman–Crippen MR) is 72.3 cm³/mol. The van der Waals surface area contributed by atoms with Gasteiger partial charge in [0, 0.05) is 0 Å². The second-order valence-electron chi connectivity index (χ2n) is 4.58. The van der Waals surface area contributed by atoms with Gasteiger partial charge in [0.2, 0.25) is 15.9 Å². The van der Waals surface area contributed by atoms with Gasteiger partial charge in [0.15, 0.2) is 0 Å². The summed E-state index contributed by atoms with van der Waals surface area (Å²) in [5.74, 6) is -0.178. The summed E-state index contributed by atoms with van der Waals surface area (Å²) in [6.07, 6.45) is 1.47. The minimum Gasteiger partial charge on any atom is -0.444 e. The van der Waals surface area contributed by atoms with Crippen LogP contribution in [0.2, 0.25) is 0 Å². The lowest BCUT2D eigenvalue weighted by Crippen LogP contribution is -2.27. The van der Waals surface area contributed by atoms with Crippen molar-refractivity contribution in [1.82, 2.24) is 9.71 Å². The van der Waals surface area contributed by atoms with E-state index in [4.69, 9.17) is 9.52 Å². The third-order valence-electron chi connectivity index (χ3n) is 2.81. The van der Waals surface area contributed by atoms with Gasteiger partial charge in [-0.15, -0.1) is 0 Å². The van der Waals surface area contributed by atoms with E-state index in [1.165, 1.54) is 12.3 Å². The second kappa shape index (κ2) is 5.92. The Morgan fingerprint density at radius 3 is 2.71 bits per heavy atom. The van der Waals surface area contributed by atoms with Gasteiger partial charge in [-0.3, -0.25) is 0 Å². The molecular formula is C13H15FN2O4S. The number of benzene rings is 1. The van der Waals surface area contributed by atoms with E-state index in [1.807, 2.05) is 0 Å². The first-order chi connectivity index (χ1) is 9.83. The summed E-state index contributed by atoms with van der Waals surface area (Å²) in [7, 11) is -4.06. The molecular weight excluding hydrogens is 299 g/mol. The van der Waals surface area contributed by atoms with Crippen LogP contribution in [-0.2, 0) is 16.6 Å². The number of aromatic nitrogens is 1. The highest BCUT2D eigenvalue weighted by Gasteiger charge is 2.24. The highest BCUT2D eigenvalue weighted by Crippen LogP contribution is 2.20. The molecule has 1 aromatic carbocycles. The number of nitrogens with one attached hydrogen (secondary N) is 1. The molecule has 0 aliphatic carbocycles. The highest BCUT2D eigenvalue weighted by molar-refractivity contribution is 7.89. The number of nitrogens with zero attached hydrogens (tertiary/aromatic N) is 1. The van der Waals surface area contributed by atoms with Crippen molar-refractivity contribution in [2.45, 2.75) is 31.4 Å². The van der Waals surface area contributed by atoms with E-state index in [-0.39, 0.29) is 12.5 Å². The number of oxazole rings is 1. The van der Waals surface area contributed by atoms with Crippen LogP contribution in [0.5, 0.6) is 0 Å². The zero-order valence-electron chi connectivity index (χ0n) is 11.5. The van der Waals surface area contributed by atoms with Gasteiger partial charge in [0.1, 0.15) is 16.5 Å². The predicted octanol–water partition coefficient (Wildman–Crippen LogP) is 1.65. The lowest BCUT2D eigenvalue weighted by molar-refractivity contribution is 0.281. The summed E-state index contributed by atoms with van der Waals surface area (Å²) >= 11 is 0. The molecule has 8 heteroatoms. The normalized spacial score (nSPS) is 13.3. The van der Waals surface area contributed by atoms with E-state index in [1.54, 1.807) is 13.8 Å². The first kappa shape index (κ1) is 15.6. The lowest BCUT2D eigenvalue weighted by atomic mass is 10.2. The fourth-order valence-electron chi connectivity index (χ4n) is 1.78. The van der Waals surface area contributed by atoms with Gasteiger partial charge >= 0.3 is 0 Å². The van der Waals surface area contributed by atoms with Crippen LogP contribution in [0, 0.1) is 12.7 Å². The Labute approximate surface area is 121 Å². The number of halogens is 1. The molecule has 1 unspecified atom stereocenters. The van der Waals surface area contributed by atoms with Gasteiger partial charge in [0.05, 0.1) is 18.8 Å². The van der Waals surface area contributed by atoms with Crippen LogP contribution in [0.3, 0.4) is 0 Å². The van der Waals surface area contributed by atoms with Gasteiger partial charge in [-0.25, -0.2) is 17.8 Å². The largest absolute Gasteiger partial charge is 0.444 e. The van der Waals surface area contributed by atoms with Crippen LogP contribution in [0.25, 0.3) is 0 Å². The van der Waals surface area contributed by atoms with Crippen LogP contribution in [0.15, 0.2) is 33.7 Å². The lowest BCUT2D eigenvalue weighted by Gasteiger charge is -2.12. The molecule has 0 aliphatic heterocycles. The maximum absolute atomic E-state index is 13.8. The molecule has 0 saturated heterocycles. The molecule has 1 atom stereocenters. The average Bonchev–Trinajstić information content (AvgIpc) is 2.84. The van der Waals surface area contributed by atoms with Gasteiger partial charge in [0.25, 0.3) is 0 Å². The summed E-state index contributed by atoms with van der Waals surface area (Å²) in [4.78, 5) is 3.43. The van der Waals surface area contributed by atoms with Gasteiger partial charge in [-0.05, 0) is 31.5 Å². The summed E-state index contributed by atoms with van der Waals surface area (Å²) in [6, 6.07) is 2.70. The Balaban J connectivity index is 2.26. The van der Waals surface area contributed by atoms with Crippen LogP contribution in [0.1, 0.15) is 30.2 Å². The number of aryl methyl sites for hydroxylation is 1. The van der Waals surface area contributed by atoms with Crippen LogP contribution in [0.4, 0.5) is 4.39 Å². The van der Waals surface area contributed by atoms with E-state index in [0.717, 1.165) is 12.1 Å². The molecule has 6 nitrogen and oxygen atoms in total. The summed E-state index contributed by atoms with van der Waals surface area (Å²) in [5, 5.41) is 8.90. The molecule has 0 spiro atoms. The molecule has 1 aromatic heterocycles. The Morgan fingerprint density at radius 2 is 2.19 bits per heavy atom.